The Labute approximate surface area is 149 Å². The monoisotopic (exact) mass is 339 g/mol. The molecule has 2 aromatic rings. The molecule has 0 bridgehead atoms. The van der Waals surface area contributed by atoms with Crippen LogP contribution in [0.3, 0.4) is 0 Å². The van der Waals surface area contributed by atoms with E-state index in [0.29, 0.717) is 13.2 Å². The number of hydrogen-bond acceptors (Lipinski definition) is 5. The van der Waals surface area contributed by atoms with E-state index >= 15 is 0 Å². The van der Waals surface area contributed by atoms with E-state index in [-0.39, 0.29) is 0 Å². The second kappa shape index (κ2) is 9.20. The van der Waals surface area contributed by atoms with Gasteiger partial charge in [-0.15, -0.1) is 0 Å². The molecule has 2 heterocycles. The van der Waals surface area contributed by atoms with Gasteiger partial charge in [0, 0.05) is 50.2 Å². The van der Waals surface area contributed by atoms with Crippen LogP contribution in [0.15, 0.2) is 55.4 Å². The van der Waals surface area contributed by atoms with E-state index in [9.17, 15) is 0 Å². The summed E-state index contributed by atoms with van der Waals surface area (Å²) in [5, 5.41) is 6.80. The summed E-state index contributed by atoms with van der Waals surface area (Å²) in [7, 11) is 0. The van der Waals surface area contributed by atoms with E-state index in [0.717, 1.165) is 54.7 Å². The Balaban J connectivity index is 1.62. The smallest absolute Gasteiger partial charge is 0.123 e. The molecule has 0 aliphatic carbocycles. The molecular formula is C20H25N3O2. The van der Waals surface area contributed by atoms with Crippen molar-refractivity contribution in [3.05, 3.63) is 66.5 Å². The van der Waals surface area contributed by atoms with Gasteiger partial charge in [0.25, 0.3) is 0 Å². The van der Waals surface area contributed by atoms with Crippen LogP contribution in [-0.4, -0.2) is 31.2 Å². The summed E-state index contributed by atoms with van der Waals surface area (Å²) in [6.45, 7) is 8.70. The Morgan fingerprint density at radius 1 is 1.20 bits per heavy atom. The Morgan fingerprint density at radius 3 is 2.72 bits per heavy atom. The molecule has 0 atom stereocenters. The summed E-state index contributed by atoms with van der Waals surface area (Å²) in [5.74, 6) is 2.33. The third-order valence-electron chi connectivity index (χ3n) is 4.06. The quantitative estimate of drug-likeness (QED) is 0.652. The molecule has 1 aromatic heterocycles. The van der Waals surface area contributed by atoms with Gasteiger partial charge in [-0.3, -0.25) is 4.98 Å². The number of nitrogens with zero attached hydrogens (tertiary/aromatic N) is 1. The zero-order chi connectivity index (χ0) is 17.3. The van der Waals surface area contributed by atoms with Gasteiger partial charge in [0.2, 0.25) is 0 Å². The molecule has 0 spiro atoms. The first-order valence-corrected chi connectivity index (χ1v) is 8.64. The maximum Gasteiger partial charge on any atom is 0.123 e. The number of benzene rings is 1. The van der Waals surface area contributed by atoms with Gasteiger partial charge in [0.15, 0.2) is 0 Å². The molecule has 25 heavy (non-hydrogen) atoms. The summed E-state index contributed by atoms with van der Waals surface area (Å²) in [5.41, 5.74) is 2.19. The molecule has 5 heteroatoms. The lowest BCUT2D eigenvalue weighted by Crippen LogP contribution is -2.47. The summed E-state index contributed by atoms with van der Waals surface area (Å²) < 4.78 is 11.6. The van der Waals surface area contributed by atoms with Crippen molar-refractivity contribution < 1.29 is 9.47 Å². The van der Waals surface area contributed by atoms with E-state index < -0.39 is 0 Å². The predicted octanol–water partition coefficient (Wildman–Crippen LogP) is 2.53. The van der Waals surface area contributed by atoms with Crippen LogP contribution in [0, 0.1) is 5.92 Å². The largest absolute Gasteiger partial charge is 0.489 e. The number of aromatic nitrogens is 1. The van der Waals surface area contributed by atoms with Crippen LogP contribution in [0.4, 0.5) is 0 Å². The average Bonchev–Trinajstić information content (AvgIpc) is 2.61. The van der Waals surface area contributed by atoms with Gasteiger partial charge in [-0.1, -0.05) is 18.7 Å². The maximum absolute atomic E-state index is 5.93. The maximum atomic E-state index is 5.93. The molecule has 0 amide bonds. The molecule has 5 nitrogen and oxygen atoms in total. The molecule has 1 aromatic carbocycles. The highest BCUT2D eigenvalue weighted by Crippen LogP contribution is 2.24. The lowest BCUT2D eigenvalue weighted by molar-refractivity contribution is 0.300. The molecule has 0 unspecified atom stereocenters. The SMILES string of the molecule is C=CCOc1cc(CNCC2CNC2)cc(OCc2cccnc2)c1. The highest BCUT2D eigenvalue weighted by molar-refractivity contribution is 5.38. The van der Waals surface area contributed by atoms with Crippen molar-refractivity contribution in [2.24, 2.45) is 5.92 Å². The number of hydrogen-bond donors (Lipinski definition) is 2. The van der Waals surface area contributed by atoms with E-state index in [1.54, 1.807) is 12.3 Å². The van der Waals surface area contributed by atoms with E-state index in [1.165, 1.54) is 0 Å². The van der Waals surface area contributed by atoms with Crippen LogP contribution >= 0.6 is 0 Å². The van der Waals surface area contributed by atoms with Crippen LogP contribution < -0.4 is 20.1 Å². The normalized spacial score (nSPS) is 13.9. The fourth-order valence-electron chi connectivity index (χ4n) is 2.62. The first-order chi connectivity index (χ1) is 12.3. The van der Waals surface area contributed by atoms with Crippen LogP contribution in [0.2, 0.25) is 0 Å². The Bertz CT molecular complexity index is 672. The highest BCUT2D eigenvalue weighted by atomic mass is 16.5. The molecule has 2 N–H and O–H groups in total. The lowest BCUT2D eigenvalue weighted by Gasteiger charge is -2.27. The van der Waals surface area contributed by atoms with Crippen molar-refractivity contribution in [1.29, 1.82) is 0 Å². The van der Waals surface area contributed by atoms with E-state index in [4.69, 9.17) is 9.47 Å². The summed E-state index contributed by atoms with van der Waals surface area (Å²) in [4.78, 5) is 4.11. The van der Waals surface area contributed by atoms with Crippen molar-refractivity contribution in [3.8, 4) is 11.5 Å². The molecular weight excluding hydrogens is 314 g/mol. The standard InChI is InChI=1S/C20H25N3O2/c1-2-6-24-19-7-17(11-22-12-18-13-23-14-18)8-20(9-19)25-15-16-4-3-5-21-10-16/h2-5,7-10,18,22-23H,1,6,11-15H2. The number of pyridine rings is 1. The van der Waals surface area contributed by atoms with Gasteiger partial charge in [-0.05, 0) is 29.7 Å². The van der Waals surface area contributed by atoms with Gasteiger partial charge in [-0.25, -0.2) is 0 Å². The summed E-state index contributed by atoms with van der Waals surface area (Å²) in [6, 6.07) is 9.93. The summed E-state index contributed by atoms with van der Waals surface area (Å²) >= 11 is 0. The zero-order valence-corrected chi connectivity index (χ0v) is 14.4. The first-order valence-electron chi connectivity index (χ1n) is 8.64. The van der Waals surface area contributed by atoms with Gasteiger partial charge in [0.1, 0.15) is 24.7 Å². The van der Waals surface area contributed by atoms with E-state index in [1.807, 2.05) is 30.5 Å². The second-order valence-corrected chi connectivity index (χ2v) is 6.22. The fourth-order valence-corrected chi connectivity index (χ4v) is 2.62. The average molecular weight is 339 g/mol. The van der Waals surface area contributed by atoms with Gasteiger partial charge in [-0.2, -0.15) is 0 Å². The first kappa shape index (κ1) is 17.5. The van der Waals surface area contributed by atoms with Crippen molar-refractivity contribution >= 4 is 0 Å². The van der Waals surface area contributed by atoms with Crippen LogP contribution in [0.5, 0.6) is 11.5 Å². The second-order valence-electron chi connectivity index (χ2n) is 6.22. The van der Waals surface area contributed by atoms with Crippen LogP contribution in [-0.2, 0) is 13.2 Å². The minimum absolute atomic E-state index is 0.479. The van der Waals surface area contributed by atoms with Crippen molar-refractivity contribution in [2.45, 2.75) is 13.2 Å². The van der Waals surface area contributed by atoms with Crippen molar-refractivity contribution in [3.63, 3.8) is 0 Å². The molecule has 1 aliphatic rings. The number of nitrogens with one attached hydrogen (secondary N) is 2. The molecule has 1 fully saturated rings. The fraction of sp³-hybridized carbons (Fsp3) is 0.350. The van der Waals surface area contributed by atoms with Crippen LogP contribution in [0.25, 0.3) is 0 Å². The predicted molar refractivity (Wildman–Crippen MR) is 98.8 cm³/mol. The van der Waals surface area contributed by atoms with Gasteiger partial charge < -0.3 is 20.1 Å². The highest BCUT2D eigenvalue weighted by Gasteiger charge is 2.15. The molecule has 1 saturated heterocycles. The molecule has 3 rings (SSSR count). The number of rotatable bonds is 10. The Morgan fingerprint density at radius 2 is 2.04 bits per heavy atom. The molecule has 1 aliphatic heterocycles. The minimum atomic E-state index is 0.479. The van der Waals surface area contributed by atoms with E-state index in [2.05, 4.69) is 28.3 Å². The zero-order valence-electron chi connectivity index (χ0n) is 14.4. The molecule has 0 saturated carbocycles. The van der Waals surface area contributed by atoms with Gasteiger partial charge >= 0.3 is 0 Å². The lowest BCUT2D eigenvalue weighted by atomic mass is 10.0. The van der Waals surface area contributed by atoms with Crippen molar-refractivity contribution in [2.75, 3.05) is 26.2 Å². The summed E-state index contributed by atoms with van der Waals surface area (Å²) in [6.07, 6.45) is 5.31. The molecule has 0 radical (unpaired) electrons. The van der Waals surface area contributed by atoms with Crippen molar-refractivity contribution in [1.82, 2.24) is 15.6 Å². The third kappa shape index (κ3) is 5.59. The molecule has 132 valence electrons. The topological polar surface area (TPSA) is 55.4 Å². The van der Waals surface area contributed by atoms with Crippen LogP contribution in [0.1, 0.15) is 11.1 Å². The van der Waals surface area contributed by atoms with Gasteiger partial charge in [0.05, 0.1) is 0 Å². The third-order valence-corrected chi connectivity index (χ3v) is 4.06. The Kier molecular flexibility index (Phi) is 6.42. The minimum Gasteiger partial charge on any atom is -0.489 e. The Hall–Kier alpha value is -2.37. The number of ether oxygens (including phenoxy) is 2.